The zero-order valence-electron chi connectivity index (χ0n) is 9.76. The number of hydrogen-bond acceptors (Lipinski definition) is 3. The fourth-order valence-corrected chi connectivity index (χ4v) is 1.86. The molecular weight excluding hydrogens is 209 g/mol. The Bertz CT molecular complexity index is 316. The zero-order chi connectivity index (χ0) is 12.3. The summed E-state index contributed by atoms with van der Waals surface area (Å²) in [7, 11) is 1.50. The molecule has 2 atom stereocenters. The second-order valence-corrected chi connectivity index (χ2v) is 4.30. The Hall–Kier alpha value is -0.970. The maximum absolute atomic E-state index is 12.7. The first kappa shape index (κ1) is 13.1. The summed E-state index contributed by atoms with van der Waals surface area (Å²) >= 11 is 0. The molecule has 1 unspecified atom stereocenters. The minimum Gasteiger partial charge on any atom is -0.387 e. The topological polar surface area (TPSA) is 43.7 Å². The van der Waals surface area contributed by atoms with Crippen molar-refractivity contribution in [1.29, 1.82) is 0 Å². The smallest absolute Gasteiger partial charge is 0.123 e. The van der Waals surface area contributed by atoms with Crippen LogP contribution in [0.2, 0.25) is 0 Å². The van der Waals surface area contributed by atoms with Gasteiger partial charge in [0, 0.05) is 7.05 Å². The maximum Gasteiger partial charge on any atom is 0.123 e. The third-order valence-corrected chi connectivity index (χ3v) is 2.65. The van der Waals surface area contributed by atoms with Crippen molar-refractivity contribution < 1.29 is 14.7 Å². The highest BCUT2D eigenvalue weighted by Gasteiger charge is 2.27. The second-order valence-electron chi connectivity index (χ2n) is 4.30. The van der Waals surface area contributed by atoms with Gasteiger partial charge in [0.2, 0.25) is 0 Å². The molecule has 0 aliphatic carbocycles. The quantitative estimate of drug-likeness (QED) is 0.775. The largest absolute Gasteiger partial charge is 0.387 e. The lowest BCUT2D eigenvalue weighted by Gasteiger charge is -2.30. The fourth-order valence-electron chi connectivity index (χ4n) is 1.86. The normalized spacial score (nSPS) is 15.5. The van der Waals surface area contributed by atoms with Crippen LogP contribution in [0.4, 0.5) is 4.39 Å². The average Bonchev–Trinajstić information content (AvgIpc) is 2.17. The molecule has 0 aliphatic heterocycles. The van der Waals surface area contributed by atoms with Crippen LogP contribution in [0.15, 0.2) is 24.3 Å². The Morgan fingerprint density at radius 3 is 2.06 bits per heavy atom. The molecule has 0 radical (unpaired) electrons. The van der Waals surface area contributed by atoms with E-state index in [2.05, 4.69) is 0 Å². The van der Waals surface area contributed by atoms with Crippen LogP contribution in [0.3, 0.4) is 0 Å². The monoisotopic (exact) mass is 227 g/mol. The van der Waals surface area contributed by atoms with Gasteiger partial charge in [0.1, 0.15) is 5.82 Å². The van der Waals surface area contributed by atoms with Crippen LogP contribution in [0.5, 0.6) is 0 Å². The Kier molecular flexibility index (Phi) is 4.41. The van der Waals surface area contributed by atoms with Gasteiger partial charge >= 0.3 is 0 Å². The molecule has 0 aromatic heterocycles. The maximum atomic E-state index is 12.7. The standard InChI is InChI=1S/C12H18FNO2/c1-8(2)11(14(3)16)12(15)9-4-6-10(13)7-5-9/h4-8,11-12,15-16H,1-3H3/t11?,12-/m0/s1. The van der Waals surface area contributed by atoms with Crippen molar-refractivity contribution in [3.05, 3.63) is 35.6 Å². The number of hydroxylamine groups is 2. The number of halogens is 1. The summed E-state index contributed by atoms with van der Waals surface area (Å²) in [6.07, 6.45) is -0.837. The molecule has 4 heteroatoms. The molecule has 0 saturated carbocycles. The lowest BCUT2D eigenvalue weighted by atomic mass is 9.93. The molecule has 0 heterocycles. The minimum atomic E-state index is -0.837. The van der Waals surface area contributed by atoms with E-state index in [1.807, 2.05) is 13.8 Å². The molecule has 16 heavy (non-hydrogen) atoms. The van der Waals surface area contributed by atoms with Crippen LogP contribution in [-0.2, 0) is 0 Å². The van der Waals surface area contributed by atoms with Gasteiger partial charge in [-0.1, -0.05) is 26.0 Å². The van der Waals surface area contributed by atoms with Gasteiger partial charge in [0.25, 0.3) is 0 Å². The molecule has 1 rings (SSSR count). The van der Waals surface area contributed by atoms with Crippen molar-refractivity contribution >= 4 is 0 Å². The van der Waals surface area contributed by atoms with Crippen LogP contribution in [0.1, 0.15) is 25.5 Å². The van der Waals surface area contributed by atoms with Crippen LogP contribution >= 0.6 is 0 Å². The van der Waals surface area contributed by atoms with Crippen LogP contribution in [0.25, 0.3) is 0 Å². The Balaban J connectivity index is 2.90. The molecule has 90 valence electrons. The molecule has 1 aromatic rings. The highest BCUT2D eigenvalue weighted by atomic mass is 19.1. The number of aliphatic hydroxyl groups excluding tert-OH is 1. The SMILES string of the molecule is CC(C)C([C@@H](O)c1ccc(F)cc1)N(C)O. The number of likely N-dealkylation sites (N-methyl/N-ethyl adjacent to an activating group) is 1. The van der Waals surface area contributed by atoms with Gasteiger partial charge in [-0.15, -0.1) is 0 Å². The van der Waals surface area contributed by atoms with Crippen molar-refractivity contribution in [3.8, 4) is 0 Å². The van der Waals surface area contributed by atoms with E-state index < -0.39 is 12.1 Å². The van der Waals surface area contributed by atoms with E-state index in [-0.39, 0.29) is 11.7 Å². The molecule has 2 N–H and O–H groups in total. The summed E-state index contributed by atoms with van der Waals surface area (Å²) in [5.74, 6) is -0.260. The minimum absolute atomic E-state index is 0.0788. The number of aliphatic hydroxyl groups is 1. The molecule has 0 aliphatic rings. The second kappa shape index (κ2) is 5.39. The first-order valence-electron chi connectivity index (χ1n) is 5.28. The van der Waals surface area contributed by atoms with Gasteiger partial charge in [0.15, 0.2) is 0 Å². The lowest BCUT2D eigenvalue weighted by Crippen LogP contribution is -2.38. The highest BCUT2D eigenvalue weighted by Crippen LogP contribution is 2.25. The van der Waals surface area contributed by atoms with E-state index >= 15 is 0 Å². The number of benzene rings is 1. The molecular formula is C12H18FNO2. The predicted molar refractivity (Wildman–Crippen MR) is 59.5 cm³/mol. The lowest BCUT2D eigenvalue weighted by molar-refractivity contribution is -0.149. The van der Waals surface area contributed by atoms with E-state index in [0.717, 1.165) is 5.06 Å². The first-order valence-corrected chi connectivity index (χ1v) is 5.28. The third-order valence-electron chi connectivity index (χ3n) is 2.65. The molecule has 3 nitrogen and oxygen atoms in total. The van der Waals surface area contributed by atoms with Crippen LogP contribution in [0, 0.1) is 11.7 Å². The highest BCUT2D eigenvalue weighted by molar-refractivity contribution is 5.20. The molecule has 0 saturated heterocycles. The summed E-state index contributed by atoms with van der Waals surface area (Å²) in [6, 6.07) is 5.24. The fraction of sp³-hybridized carbons (Fsp3) is 0.500. The van der Waals surface area contributed by atoms with E-state index in [4.69, 9.17) is 0 Å². The average molecular weight is 227 g/mol. The third kappa shape index (κ3) is 3.01. The molecule has 0 bridgehead atoms. The summed E-state index contributed by atoms with van der Waals surface area (Å²) < 4.78 is 12.7. The van der Waals surface area contributed by atoms with E-state index in [9.17, 15) is 14.7 Å². The van der Waals surface area contributed by atoms with Crippen molar-refractivity contribution in [2.45, 2.75) is 26.0 Å². The van der Waals surface area contributed by atoms with Crippen molar-refractivity contribution in [3.63, 3.8) is 0 Å². The number of rotatable bonds is 4. The molecule has 0 amide bonds. The van der Waals surface area contributed by atoms with Gasteiger partial charge < -0.3 is 10.3 Å². The van der Waals surface area contributed by atoms with E-state index in [1.54, 1.807) is 0 Å². The summed E-state index contributed by atoms with van der Waals surface area (Å²) in [6.45, 7) is 3.81. The summed E-state index contributed by atoms with van der Waals surface area (Å²) in [4.78, 5) is 0. The molecule has 0 spiro atoms. The Morgan fingerprint density at radius 1 is 1.19 bits per heavy atom. The molecule has 0 fully saturated rings. The van der Waals surface area contributed by atoms with Gasteiger partial charge in [-0.05, 0) is 23.6 Å². The van der Waals surface area contributed by atoms with Gasteiger partial charge in [0.05, 0.1) is 12.1 Å². The van der Waals surface area contributed by atoms with Gasteiger partial charge in [-0.25, -0.2) is 4.39 Å². The zero-order valence-corrected chi connectivity index (χ0v) is 9.76. The van der Waals surface area contributed by atoms with E-state index in [1.165, 1.54) is 31.3 Å². The van der Waals surface area contributed by atoms with Gasteiger partial charge in [-0.3, -0.25) is 0 Å². The van der Waals surface area contributed by atoms with Crippen LogP contribution < -0.4 is 0 Å². The number of hydrogen-bond donors (Lipinski definition) is 2. The van der Waals surface area contributed by atoms with Crippen molar-refractivity contribution in [2.75, 3.05) is 7.05 Å². The Labute approximate surface area is 95.1 Å². The summed E-state index contributed by atoms with van der Waals surface area (Å²) in [5.41, 5.74) is 0.598. The Morgan fingerprint density at radius 2 is 1.69 bits per heavy atom. The van der Waals surface area contributed by atoms with Crippen LogP contribution in [-0.4, -0.2) is 28.5 Å². The molecule has 1 aromatic carbocycles. The van der Waals surface area contributed by atoms with Crippen molar-refractivity contribution in [2.24, 2.45) is 5.92 Å². The predicted octanol–water partition coefficient (Wildman–Crippen LogP) is 2.20. The first-order chi connectivity index (χ1) is 7.43. The van der Waals surface area contributed by atoms with E-state index in [0.29, 0.717) is 5.56 Å². The van der Waals surface area contributed by atoms with Gasteiger partial charge in [-0.2, -0.15) is 5.06 Å². The van der Waals surface area contributed by atoms with Crippen molar-refractivity contribution in [1.82, 2.24) is 5.06 Å². The summed E-state index contributed by atoms with van der Waals surface area (Å²) in [5, 5.41) is 20.6. The number of nitrogens with zero attached hydrogens (tertiary/aromatic N) is 1.